The number of H-pyrrole nitrogens is 1. The lowest BCUT2D eigenvalue weighted by Crippen LogP contribution is -1.98. The Balaban J connectivity index is 1.32. The van der Waals surface area contributed by atoms with Crippen LogP contribution in [0.5, 0.6) is 5.75 Å². The molecule has 0 atom stereocenters. The zero-order valence-electron chi connectivity index (χ0n) is 19.5. The minimum Gasteiger partial charge on any atom is -0.484 e. The van der Waals surface area contributed by atoms with Gasteiger partial charge in [-0.3, -0.25) is 0 Å². The zero-order chi connectivity index (χ0) is 24.5. The molecule has 0 aliphatic heterocycles. The molecule has 0 unspecified atom stereocenters. The summed E-state index contributed by atoms with van der Waals surface area (Å²) < 4.78 is 19.2. The summed E-state index contributed by atoms with van der Waals surface area (Å²) in [6.07, 6.45) is 4.75. The smallest absolute Gasteiger partial charge is 0.230 e. The first-order valence-electron chi connectivity index (χ1n) is 11.8. The second-order valence-electron chi connectivity index (χ2n) is 8.46. The second-order valence-corrected chi connectivity index (χ2v) is 9.25. The fourth-order valence-electron chi connectivity index (χ4n) is 4.29. The number of halogens is 1. The highest BCUT2D eigenvalue weighted by molar-refractivity contribution is 9.10. The molecule has 0 saturated carbocycles. The number of nitrogens with zero attached hydrogens (tertiary/aromatic N) is 4. The summed E-state index contributed by atoms with van der Waals surface area (Å²) in [6, 6.07) is 18.1. The molecule has 6 rings (SSSR count). The molecule has 8 nitrogen and oxygen atoms in total. The fraction of sp³-hybridized carbons (Fsp3) is 0.185. The van der Waals surface area contributed by atoms with Gasteiger partial charge in [-0.15, -0.1) is 10.2 Å². The molecular formula is C27H22BrN5O3. The number of oxazole rings is 1. The van der Waals surface area contributed by atoms with Crippen LogP contribution in [0, 0.1) is 0 Å². The Kier molecular flexibility index (Phi) is 5.98. The number of aromatic amines is 1. The molecule has 0 fully saturated rings. The highest BCUT2D eigenvalue weighted by Gasteiger charge is 2.20. The van der Waals surface area contributed by atoms with Gasteiger partial charge in [0.25, 0.3) is 0 Å². The van der Waals surface area contributed by atoms with E-state index in [0.717, 1.165) is 62.4 Å². The standard InChI is InChI=1S/C27H22BrN5O3/c1-2-3-7-21-25(19-6-4-5-8-20(19)35-21)27-29-14-23(36-27)17-9-11-18-16(13-17)10-12-22(26(18)28)34-15-24-30-32-33-31-24/h4-6,8-14H,2-3,7,15H2,1H3,(H,30,31,32,33). The summed E-state index contributed by atoms with van der Waals surface area (Å²) in [5.41, 5.74) is 2.74. The number of nitrogens with one attached hydrogen (secondary N) is 1. The van der Waals surface area contributed by atoms with Gasteiger partial charge in [-0.25, -0.2) is 4.98 Å². The number of benzene rings is 3. The first-order valence-corrected chi connectivity index (χ1v) is 12.5. The maximum atomic E-state index is 6.30. The first kappa shape index (κ1) is 22.5. The van der Waals surface area contributed by atoms with Crippen molar-refractivity contribution >= 4 is 37.7 Å². The van der Waals surface area contributed by atoms with Crippen molar-refractivity contribution in [3.8, 4) is 28.5 Å². The average Bonchev–Trinajstić information content (AvgIpc) is 3.66. The number of fused-ring (bicyclic) bond motifs is 2. The van der Waals surface area contributed by atoms with Gasteiger partial charge >= 0.3 is 0 Å². The third-order valence-corrected chi connectivity index (χ3v) is 6.91. The van der Waals surface area contributed by atoms with E-state index in [4.69, 9.17) is 13.6 Å². The van der Waals surface area contributed by atoms with Crippen molar-refractivity contribution in [3.63, 3.8) is 0 Å². The number of unbranched alkanes of at least 4 members (excludes halogenated alkanes) is 1. The van der Waals surface area contributed by atoms with Crippen LogP contribution in [0.4, 0.5) is 0 Å². The minimum atomic E-state index is 0.225. The predicted molar refractivity (Wildman–Crippen MR) is 139 cm³/mol. The van der Waals surface area contributed by atoms with Crippen LogP contribution >= 0.6 is 15.9 Å². The highest BCUT2D eigenvalue weighted by Crippen LogP contribution is 2.39. The lowest BCUT2D eigenvalue weighted by molar-refractivity contribution is 0.294. The van der Waals surface area contributed by atoms with E-state index in [9.17, 15) is 0 Å². The second kappa shape index (κ2) is 9.58. The van der Waals surface area contributed by atoms with Crippen molar-refractivity contribution < 1.29 is 13.6 Å². The number of para-hydroxylation sites is 1. The van der Waals surface area contributed by atoms with Gasteiger partial charge in [0.2, 0.25) is 11.7 Å². The third kappa shape index (κ3) is 4.15. The molecule has 1 N–H and O–H groups in total. The van der Waals surface area contributed by atoms with Gasteiger partial charge in [-0.1, -0.05) is 55.0 Å². The van der Waals surface area contributed by atoms with Crippen LogP contribution < -0.4 is 4.74 Å². The van der Waals surface area contributed by atoms with Crippen LogP contribution in [0.1, 0.15) is 31.4 Å². The lowest BCUT2D eigenvalue weighted by atomic mass is 10.1. The van der Waals surface area contributed by atoms with Gasteiger partial charge in [0.05, 0.1) is 16.2 Å². The van der Waals surface area contributed by atoms with E-state index in [1.165, 1.54) is 0 Å². The van der Waals surface area contributed by atoms with Crippen LogP contribution in [0.3, 0.4) is 0 Å². The number of tetrazole rings is 1. The Labute approximate surface area is 214 Å². The predicted octanol–water partition coefficient (Wildman–Crippen LogP) is 7.11. The summed E-state index contributed by atoms with van der Waals surface area (Å²) in [7, 11) is 0. The van der Waals surface area contributed by atoms with Crippen LogP contribution in [-0.4, -0.2) is 25.6 Å². The highest BCUT2D eigenvalue weighted by atomic mass is 79.9. The molecule has 36 heavy (non-hydrogen) atoms. The molecule has 0 aliphatic carbocycles. The van der Waals surface area contributed by atoms with Gasteiger partial charge in [0.1, 0.15) is 17.1 Å². The quantitative estimate of drug-likeness (QED) is 0.218. The summed E-state index contributed by atoms with van der Waals surface area (Å²) in [5, 5.41) is 16.9. The van der Waals surface area contributed by atoms with Crippen LogP contribution in [-0.2, 0) is 13.0 Å². The fourth-order valence-corrected chi connectivity index (χ4v) is 4.90. The first-order chi connectivity index (χ1) is 17.7. The number of rotatable bonds is 8. The largest absolute Gasteiger partial charge is 0.484 e. The van der Waals surface area contributed by atoms with Gasteiger partial charge in [0, 0.05) is 17.4 Å². The van der Waals surface area contributed by atoms with Gasteiger partial charge in [-0.05, 0) is 51.3 Å². The van der Waals surface area contributed by atoms with E-state index < -0.39 is 0 Å². The molecule has 0 aliphatic rings. The molecule has 0 radical (unpaired) electrons. The number of hydrogen-bond donors (Lipinski definition) is 1. The molecule has 3 aromatic carbocycles. The average molecular weight is 544 g/mol. The molecule has 0 spiro atoms. The number of aryl methyl sites for hydroxylation is 1. The Bertz CT molecular complexity index is 1660. The number of hydrogen-bond acceptors (Lipinski definition) is 7. The van der Waals surface area contributed by atoms with Crippen LogP contribution in [0.2, 0.25) is 0 Å². The Morgan fingerprint density at radius 1 is 1.03 bits per heavy atom. The van der Waals surface area contributed by atoms with Crippen LogP contribution in [0.15, 0.2) is 74.1 Å². The molecule has 3 heterocycles. The Hall–Kier alpha value is -3.98. The summed E-state index contributed by atoms with van der Waals surface area (Å²) in [6.45, 7) is 2.40. The van der Waals surface area contributed by atoms with E-state index in [1.807, 2.05) is 42.5 Å². The molecule has 180 valence electrons. The maximum absolute atomic E-state index is 6.30. The van der Waals surface area contributed by atoms with Crippen molar-refractivity contribution in [1.29, 1.82) is 0 Å². The molecule has 9 heteroatoms. The van der Waals surface area contributed by atoms with E-state index in [-0.39, 0.29) is 6.61 Å². The molecular weight excluding hydrogens is 522 g/mol. The lowest BCUT2D eigenvalue weighted by Gasteiger charge is -2.09. The van der Waals surface area contributed by atoms with Gasteiger partial charge < -0.3 is 13.6 Å². The van der Waals surface area contributed by atoms with Crippen LogP contribution in [0.25, 0.3) is 44.5 Å². The number of aromatic nitrogens is 5. The Morgan fingerprint density at radius 2 is 1.94 bits per heavy atom. The molecule has 3 aromatic heterocycles. The van der Waals surface area contributed by atoms with Crippen molar-refractivity contribution in [2.45, 2.75) is 32.8 Å². The maximum Gasteiger partial charge on any atom is 0.230 e. The number of ether oxygens (including phenoxy) is 1. The van der Waals surface area contributed by atoms with Gasteiger partial charge in [-0.2, -0.15) is 5.21 Å². The molecule has 0 amide bonds. The van der Waals surface area contributed by atoms with E-state index in [2.05, 4.69) is 60.6 Å². The topological polar surface area (TPSA) is 103 Å². The van der Waals surface area contributed by atoms with E-state index in [1.54, 1.807) is 6.20 Å². The summed E-state index contributed by atoms with van der Waals surface area (Å²) >= 11 is 3.67. The SMILES string of the molecule is CCCCc1oc2ccccc2c1-c1ncc(-c2ccc3c(Br)c(OCc4nn[nH]n4)ccc3c2)o1. The summed E-state index contributed by atoms with van der Waals surface area (Å²) in [4.78, 5) is 4.64. The normalized spacial score (nSPS) is 11.5. The van der Waals surface area contributed by atoms with Crippen molar-refractivity contribution in [2.75, 3.05) is 0 Å². The zero-order valence-corrected chi connectivity index (χ0v) is 21.1. The molecule has 0 bridgehead atoms. The van der Waals surface area contributed by atoms with Crippen molar-refractivity contribution in [1.82, 2.24) is 25.6 Å². The molecule has 6 aromatic rings. The monoisotopic (exact) mass is 543 g/mol. The number of furan rings is 1. The Morgan fingerprint density at radius 3 is 2.81 bits per heavy atom. The third-order valence-electron chi connectivity index (χ3n) is 6.09. The van der Waals surface area contributed by atoms with Crippen molar-refractivity contribution in [3.05, 3.63) is 76.9 Å². The summed E-state index contributed by atoms with van der Waals surface area (Å²) in [5.74, 6) is 3.39. The van der Waals surface area contributed by atoms with E-state index in [0.29, 0.717) is 23.2 Å². The van der Waals surface area contributed by atoms with E-state index >= 15 is 0 Å². The van der Waals surface area contributed by atoms with Gasteiger partial charge in [0.15, 0.2) is 12.4 Å². The minimum absolute atomic E-state index is 0.225. The molecule has 0 saturated heterocycles. The van der Waals surface area contributed by atoms with Crippen molar-refractivity contribution in [2.24, 2.45) is 0 Å².